The first-order valence-electron chi connectivity index (χ1n) is 5.52. The van der Waals surface area contributed by atoms with Gasteiger partial charge in [-0.05, 0) is 29.1 Å². The van der Waals surface area contributed by atoms with Crippen LogP contribution in [0.3, 0.4) is 0 Å². The zero-order valence-corrected chi connectivity index (χ0v) is 11.1. The summed E-state index contributed by atoms with van der Waals surface area (Å²) in [6.07, 6.45) is 0. The van der Waals surface area contributed by atoms with Crippen molar-refractivity contribution in [2.75, 3.05) is 6.61 Å². The van der Waals surface area contributed by atoms with Gasteiger partial charge in [-0.15, -0.1) is 11.3 Å². The van der Waals surface area contributed by atoms with E-state index in [-0.39, 0.29) is 17.7 Å². The third-order valence-corrected chi connectivity index (χ3v) is 3.80. The number of thiophene rings is 1. The summed E-state index contributed by atoms with van der Waals surface area (Å²) in [6.45, 7) is 0.602. The molecule has 18 heavy (non-hydrogen) atoms. The van der Waals surface area contributed by atoms with Gasteiger partial charge in [-0.25, -0.2) is 4.39 Å². The number of hydrogen-bond donors (Lipinski definition) is 2. The van der Waals surface area contributed by atoms with Crippen molar-refractivity contribution in [3.05, 3.63) is 57.0 Å². The van der Waals surface area contributed by atoms with Crippen molar-refractivity contribution >= 4 is 22.9 Å². The monoisotopic (exact) mass is 285 g/mol. The first-order valence-corrected chi connectivity index (χ1v) is 6.78. The molecule has 0 spiro atoms. The molecule has 0 fully saturated rings. The number of nitrogens with one attached hydrogen (secondary N) is 1. The zero-order chi connectivity index (χ0) is 13.0. The van der Waals surface area contributed by atoms with Crippen LogP contribution < -0.4 is 5.32 Å². The Morgan fingerprint density at radius 2 is 2.22 bits per heavy atom. The van der Waals surface area contributed by atoms with Crippen LogP contribution in [-0.4, -0.2) is 11.7 Å². The lowest BCUT2D eigenvalue weighted by Gasteiger charge is -2.16. The molecule has 1 aromatic carbocycles. The van der Waals surface area contributed by atoms with Gasteiger partial charge in [0.25, 0.3) is 0 Å². The van der Waals surface area contributed by atoms with Gasteiger partial charge in [0.1, 0.15) is 5.82 Å². The first kappa shape index (κ1) is 13.5. The first-order chi connectivity index (χ1) is 8.70. The highest BCUT2D eigenvalue weighted by molar-refractivity contribution is 7.09. The Kier molecular flexibility index (Phi) is 4.72. The van der Waals surface area contributed by atoms with E-state index in [2.05, 4.69) is 5.32 Å². The van der Waals surface area contributed by atoms with E-state index in [1.165, 1.54) is 10.9 Å². The summed E-state index contributed by atoms with van der Waals surface area (Å²) >= 11 is 7.38. The Morgan fingerprint density at radius 3 is 2.83 bits per heavy atom. The van der Waals surface area contributed by atoms with Gasteiger partial charge < -0.3 is 10.4 Å². The molecule has 0 aliphatic heterocycles. The lowest BCUT2D eigenvalue weighted by Crippen LogP contribution is -2.23. The smallest absolute Gasteiger partial charge is 0.141 e. The second-order valence-electron chi connectivity index (χ2n) is 3.87. The number of hydrogen-bond acceptors (Lipinski definition) is 3. The summed E-state index contributed by atoms with van der Waals surface area (Å²) < 4.78 is 13.1. The van der Waals surface area contributed by atoms with Crippen LogP contribution in [0.5, 0.6) is 0 Å². The van der Waals surface area contributed by atoms with Crippen molar-refractivity contribution in [3.63, 3.8) is 0 Å². The third kappa shape index (κ3) is 3.29. The van der Waals surface area contributed by atoms with Gasteiger partial charge in [0.2, 0.25) is 0 Å². The lowest BCUT2D eigenvalue weighted by atomic mass is 10.1. The second-order valence-corrected chi connectivity index (χ2v) is 5.31. The summed E-state index contributed by atoms with van der Waals surface area (Å²) in [6, 6.07) is 8.23. The van der Waals surface area contributed by atoms with Gasteiger partial charge >= 0.3 is 0 Å². The van der Waals surface area contributed by atoms with Gasteiger partial charge in [0, 0.05) is 11.4 Å². The Hall–Kier alpha value is -0.940. The molecule has 0 aliphatic rings. The Morgan fingerprint density at radius 1 is 1.39 bits per heavy atom. The topological polar surface area (TPSA) is 32.3 Å². The number of halogens is 2. The fraction of sp³-hybridized carbons (Fsp3) is 0.231. The predicted molar refractivity (Wildman–Crippen MR) is 72.4 cm³/mol. The molecule has 2 rings (SSSR count). The van der Waals surface area contributed by atoms with Crippen LogP contribution in [-0.2, 0) is 6.54 Å². The molecule has 0 radical (unpaired) electrons. The molecule has 2 nitrogen and oxygen atoms in total. The molecule has 1 aromatic heterocycles. The van der Waals surface area contributed by atoms with Crippen LogP contribution in [0, 0.1) is 5.82 Å². The number of rotatable bonds is 5. The van der Waals surface area contributed by atoms with Gasteiger partial charge in [-0.1, -0.05) is 23.7 Å². The molecular formula is C13H13ClFNOS. The molecule has 1 atom stereocenters. The summed E-state index contributed by atoms with van der Waals surface area (Å²) in [5.41, 5.74) is 0.778. The Balaban J connectivity index is 2.05. The molecule has 1 heterocycles. The minimum Gasteiger partial charge on any atom is -0.394 e. The zero-order valence-electron chi connectivity index (χ0n) is 9.57. The van der Waals surface area contributed by atoms with E-state index in [0.717, 1.165) is 5.56 Å². The lowest BCUT2D eigenvalue weighted by molar-refractivity contribution is 0.244. The molecule has 5 heteroatoms. The fourth-order valence-corrected chi connectivity index (χ4v) is 2.50. The van der Waals surface area contributed by atoms with Crippen LogP contribution in [0.1, 0.15) is 16.5 Å². The highest BCUT2D eigenvalue weighted by Gasteiger charge is 2.12. The van der Waals surface area contributed by atoms with Crippen LogP contribution in [0.25, 0.3) is 0 Å². The molecule has 0 bridgehead atoms. The van der Waals surface area contributed by atoms with Crippen molar-refractivity contribution in [3.8, 4) is 0 Å². The van der Waals surface area contributed by atoms with Gasteiger partial charge in [0.15, 0.2) is 0 Å². The van der Waals surface area contributed by atoms with Crippen molar-refractivity contribution in [2.24, 2.45) is 0 Å². The molecular weight excluding hydrogens is 273 g/mol. The minimum absolute atomic E-state index is 0.0622. The summed E-state index contributed by atoms with van der Waals surface area (Å²) in [5, 5.41) is 14.7. The average molecular weight is 286 g/mol. The number of aliphatic hydroxyl groups is 1. The van der Waals surface area contributed by atoms with Crippen LogP contribution >= 0.6 is 22.9 Å². The third-order valence-electron chi connectivity index (χ3n) is 2.63. The van der Waals surface area contributed by atoms with Crippen LogP contribution in [0.2, 0.25) is 5.02 Å². The number of benzene rings is 1. The van der Waals surface area contributed by atoms with E-state index in [1.54, 1.807) is 23.5 Å². The van der Waals surface area contributed by atoms with E-state index in [9.17, 15) is 9.50 Å². The van der Waals surface area contributed by atoms with Crippen LogP contribution in [0.15, 0.2) is 35.7 Å². The maximum Gasteiger partial charge on any atom is 0.141 e. The standard InChI is InChI=1S/C13H13ClFNOS/c14-11-6-9(3-4-12(11)15)13(8-17)16-7-10-2-1-5-18-10/h1-6,13,16-17H,7-8H2. The van der Waals surface area contributed by atoms with Gasteiger partial charge in [-0.3, -0.25) is 0 Å². The maximum absolute atomic E-state index is 13.1. The molecule has 0 aliphatic carbocycles. The molecule has 2 N–H and O–H groups in total. The SMILES string of the molecule is OCC(NCc1cccs1)c1ccc(F)c(Cl)c1. The van der Waals surface area contributed by atoms with Crippen molar-refractivity contribution in [2.45, 2.75) is 12.6 Å². The normalized spacial score (nSPS) is 12.6. The van der Waals surface area contributed by atoms with E-state index in [4.69, 9.17) is 11.6 Å². The van der Waals surface area contributed by atoms with Crippen molar-refractivity contribution in [1.82, 2.24) is 5.32 Å². The second kappa shape index (κ2) is 6.29. The maximum atomic E-state index is 13.1. The summed E-state index contributed by atoms with van der Waals surface area (Å²) in [5.74, 6) is -0.449. The van der Waals surface area contributed by atoms with Gasteiger partial charge in [0.05, 0.1) is 17.7 Å². The van der Waals surface area contributed by atoms with Gasteiger partial charge in [-0.2, -0.15) is 0 Å². The molecule has 96 valence electrons. The Bertz CT molecular complexity index is 504. The predicted octanol–water partition coefficient (Wildman–Crippen LogP) is 3.36. The van der Waals surface area contributed by atoms with Crippen molar-refractivity contribution < 1.29 is 9.50 Å². The van der Waals surface area contributed by atoms with E-state index in [1.807, 2.05) is 17.5 Å². The minimum atomic E-state index is -0.449. The van der Waals surface area contributed by atoms with E-state index in [0.29, 0.717) is 6.54 Å². The molecule has 0 saturated carbocycles. The molecule has 1 unspecified atom stereocenters. The average Bonchev–Trinajstić information content (AvgIpc) is 2.87. The molecule has 2 aromatic rings. The number of aliphatic hydroxyl groups excluding tert-OH is 1. The largest absolute Gasteiger partial charge is 0.394 e. The highest BCUT2D eigenvalue weighted by atomic mass is 35.5. The summed E-state index contributed by atoms with van der Waals surface area (Å²) in [7, 11) is 0. The van der Waals surface area contributed by atoms with E-state index < -0.39 is 5.82 Å². The Labute approximate surface area is 114 Å². The van der Waals surface area contributed by atoms with Crippen LogP contribution in [0.4, 0.5) is 4.39 Å². The van der Waals surface area contributed by atoms with Crippen molar-refractivity contribution in [1.29, 1.82) is 0 Å². The molecule has 0 saturated heterocycles. The highest BCUT2D eigenvalue weighted by Crippen LogP contribution is 2.21. The quantitative estimate of drug-likeness (QED) is 0.883. The fourth-order valence-electron chi connectivity index (χ4n) is 1.65. The molecule has 0 amide bonds. The summed E-state index contributed by atoms with van der Waals surface area (Å²) in [4.78, 5) is 1.18. The van der Waals surface area contributed by atoms with E-state index >= 15 is 0 Å².